The molecule has 0 saturated heterocycles. The molecule has 0 N–H and O–H groups in total. The fraction of sp³-hybridized carbons (Fsp3) is 0.231. The number of aromatic nitrogens is 1. The van der Waals surface area contributed by atoms with Crippen LogP contribution in [0.4, 0.5) is 4.39 Å². The Morgan fingerprint density at radius 3 is 2.89 bits per heavy atom. The average molecular weight is 264 g/mol. The number of halogens is 1. The standard InChI is InChI=1S/C13H13FN2OS/c1-16(9-12-15-6-7-18-12)13(17)8-10-4-2-3-5-11(10)14/h2-7H,8-9H2,1H3. The van der Waals surface area contributed by atoms with Crippen molar-refractivity contribution < 1.29 is 9.18 Å². The lowest BCUT2D eigenvalue weighted by Crippen LogP contribution is -2.27. The van der Waals surface area contributed by atoms with E-state index in [4.69, 9.17) is 0 Å². The number of benzene rings is 1. The maximum absolute atomic E-state index is 13.4. The van der Waals surface area contributed by atoms with Gasteiger partial charge in [0, 0.05) is 18.6 Å². The number of hydrogen-bond acceptors (Lipinski definition) is 3. The van der Waals surface area contributed by atoms with Gasteiger partial charge in [0.05, 0.1) is 13.0 Å². The molecule has 0 radical (unpaired) electrons. The molecule has 0 atom stereocenters. The molecule has 0 unspecified atom stereocenters. The highest BCUT2D eigenvalue weighted by Gasteiger charge is 2.13. The van der Waals surface area contributed by atoms with E-state index < -0.39 is 0 Å². The molecule has 3 nitrogen and oxygen atoms in total. The quantitative estimate of drug-likeness (QED) is 0.850. The SMILES string of the molecule is CN(Cc1nccs1)C(=O)Cc1ccccc1F. The first-order valence-electron chi connectivity index (χ1n) is 5.52. The Hall–Kier alpha value is -1.75. The van der Waals surface area contributed by atoms with E-state index in [9.17, 15) is 9.18 Å². The molecule has 18 heavy (non-hydrogen) atoms. The number of nitrogens with zero attached hydrogens (tertiary/aromatic N) is 2. The van der Waals surface area contributed by atoms with E-state index in [1.807, 2.05) is 5.38 Å². The maximum Gasteiger partial charge on any atom is 0.227 e. The number of carbonyl (C=O) groups excluding carboxylic acids is 1. The van der Waals surface area contributed by atoms with Crippen LogP contribution < -0.4 is 0 Å². The van der Waals surface area contributed by atoms with Crippen molar-refractivity contribution in [3.05, 3.63) is 52.2 Å². The lowest BCUT2D eigenvalue weighted by atomic mass is 10.1. The molecule has 2 aromatic rings. The molecule has 0 fully saturated rings. The van der Waals surface area contributed by atoms with E-state index in [1.165, 1.54) is 17.4 Å². The monoisotopic (exact) mass is 264 g/mol. The third-order valence-corrected chi connectivity index (χ3v) is 3.35. The number of thiazole rings is 1. The van der Waals surface area contributed by atoms with Gasteiger partial charge in [0.25, 0.3) is 0 Å². The molecule has 1 aromatic heterocycles. The van der Waals surface area contributed by atoms with Crippen molar-refractivity contribution in [1.82, 2.24) is 9.88 Å². The van der Waals surface area contributed by atoms with Gasteiger partial charge in [-0.2, -0.15) is 0 Å². The highest BCUT2D eigenvalue weighted by Crippen LogP contribution is 2.11. The number of rotatable bonds is 4. The average Bonchev–Trinajstić information content (AvgIpc) is 2.84. The van der Waals surface area contributed by atoms with Gasteiger partial charge in [0.1, 0.15) is 10.8 Å². The first-order valence-corrected chi connectivity index (χ1v) is 6.40. The number of amides is 1. The zero-order chi connectivity index (χ0) is 13.0. The van der Waals surface area contributed by atoms with Crippen molar-refractivity contribution in [3.63, 3.8) is 0 Å². The van der Waals surface area contributed by atoms with Crippen molar-refractivity contribution in [2.75, 3.05) is 7.05 Å². The first-order chi connectivity index (χ1) is 8.66. The molecular weight excluding hydrogens is 251 g/mol. The van der Waals surface area contributed by atoms with Crippen LogP contribution in [0.2, 0.25) is 0 Å². The fourth-order valence-electron chi connectivity index (χ4n) is 1.56. The summed E-state index contributed by atoms with van der Waals surface area (Å²) in [5, 5.41) is 2.74. The predicted octanol–water partition coefficient (Wildman–Crippen LogP) is 2.48. The van der Waals surface area contributed by atoms with Gasteiger partial charge >= 0.3 is 0 Å². The molecule has 0 aliphatic carbocycles. The molecule has 2 rings (SSSR count). The van der Waals surface area contributed by atoms with Crippen LogP contribution in [0.5, 0.6) is 0 Å². The molecular formula is C13H13FN2OS. The zero-order valence-corrected chi connectivity index (χ0v) is 10.8. The normalized spacial score (nSPS) is 10.3. The summed E-state index contributed by atoms with van der Waals surface area (Å²) in [6, 6.07) is 6.34. The summed E-state index contributed by atoms with van der Waals surface area (Å²) in [4.78, 5) is 17.6. The Labute approximate surface area is 109 Å². The summed E-state index contributed by atoms with van der Waals surface area (Å²) in [7, 11) is 1.70. The smallest absolute Gasteiger partial charge is 0.227 e. The van der Waals surface area contributed by atoms with Crippen LogP contribution in [-0.2, 0) is 17.8 Å². The molecule has 5 heteroatoms. The Kier molecular flexibility index (Phi) is 4.04. The van der Waals surface area contributed by atoms with Crippen LogP contribution >= 0.6 is 11.3 Å². The van der Waals surface area contributed by atoms with Crippen LogP contribution in [0.15, 0.2) is 35.8 Å². The maximum atomic E-state index is 13.4. The van der Waals surface area contributed by atoms with Gasteiger partial charge in [-0.3, -0.25) is 4.79 Å². The second-order valence-electron chi connectivity index (χ2n) is 3.94. The zero-order valence-electron chi connectivity index (χ0n) is 9.97. The van der Waals surface area contributed by atoms with Crippen molar-refractivity contribution >= 4 is 17.2 Å². The third-order valence-electron chi connectivity index (χ3n) is 2.58. The number of carbonyl (C=O) groups is 1. The van der Waals surface area contributed by atoms with Crippen molar-refractivity contribution in [2.45, 2.75) is 13.0 Å². The Morgan fingerprint density at radius 2 is 2.22 bits per heavy atom. The molecule has 94 valence electrons. The van der Waals surface area contributed by atoms with Crippen LogP contribution in [0, 0.1) is 5.82 Å². The minimum Gasteiger partial charge on any atom is -0.339 e. The molecule has 1 amide bonds. The second kappa shape index (κ2) is 5.73. The van der Waals surface area contributed by atoms with Crippen LogP contribution in [-0.4, -0.2) is 22.8 Å². The summed E-state index contributed by atoms with van der Waals surface area (Å²) in [6.07, 6.45) is 1.78. The lowest BCUT2D eigenvalue weighted by molar-refractivity contribution is -0.129. The van der Waals surface area contributed by atoms with Gasteiger partial charge in [0.15, 0.2) is 0 Å². The van der Waals surface area contributed by atoms with Crippen molar-refractivity contribution in [1.29, 1.82) is 0 Å². The summed E-state index contributed by atoms with van der Waals surface area (Å²) in [6.45, 7) is 0.463. The van der Waals surface area contributed by atoms with Gasteiger partial charge < -0.3 is 4.90 Å². The lowest BCUT2D eigenvalue weighted by Gasteiger charge is -2.15. The summed E-state index contributed by atoms with van der Waals surface area (Å²) in [5.41, 5.74) is 0.425. The molecule has 0 bridgehead atoms. The molecule has 0 saturated carbocycles. The van der Waals surface area contributed by atoms with Crippen LogP contribution in [0.3, 0.4) is 0 Å². The molecule has 1 heterocycles. The Bertz CT molecular complexity index is 528. The van der Waals surface area contributed by atoms with E-state index in [2.05, 4.69) is 4.98 Å². The minimum atomic E-state index is -0.339. The van der Waals surface area contributed by atoms with E-state index in [0.29, 0.717) is 12.1 Å². The largest absolute Gasteiger partial charge is 0.339 e. The van der Waals surface area contributed by atoms with Gasteiger partial charge in [-0.1, -0.05) is 18.2 Å². The number of hydrogen-bond donors (Lipinski definition) is 0. The highest BCUT2D eigenvalue weighted by molar-refractivity contribution is 7.09. The van der Waals surface area contributed by atoms with E-state index in [-0.39, 0.29) is 18.1 Å². The summed E-state index contributed by atoms with van der Waals surface area (Å²) >= 11 is 1.50. The van der Waals surface area contributed by atoms with Gasteiger partial charge in [-0.05, 0) is 11.6 Å². The van der Waals surface area contributed by atoms with E-state index >= 15 is 0 Å². The fourth-order valence-corrected chi connectivity index (χ4v) is 2.23. The van der Waals surface area contributed by atoms with Gasteiger partial charge in [0.2, 0.25) is 5.91 Å². The number of likely N-dealkylation sites (N-methyl/N-ethyl adjacent to an activating group) is 1. The first kappa shape index (κ1) is 12.7. The molecule has 0 spiro atoms. The minimum absolute atomic E-state index is 0.0779. The highest BCUT2D eigenvalue weighted by atomic mass is 32.1. The Morgan fingerprint density at radius 1 is 1.44 bits per heavy atom. The van der Waals surface area contributed by atoms with Crippen molar-refractivity contribution in [3.8, 4) is 0 Å². The predicted molar refractivity (Wildman–Crippen MR) is 68.7 cm³/mol. The van der Waals surface area contributed by atoms with Gasteiger partial charge in [-0.15, -0.1) is 11.3 Å². The third kappa shape index (κ3) is 3.13. The van der Waals surface area contributed by atoms with Gasteiger partial charge in [-0.25, -0.2) is 9.37 Å². The molecule has 0 aliphatic heterocycles. The molecule has 0 aliphatic rings. The summed E-state index contributed by atoms with van der Waals surface area (Å²) in [5.74, 6) is -0.455. The topological polar surface area (TPSA) is 33.2 Å². The Balaban J connectivity index is 1.98. The summed E-state index contributed by atoms with van der Waals surface area (Å²) < 4.78 is 13.4. The second-order valence-corrected chi connectivity index (χ2v) is 4.92. The van der Waals surface area contributed by atoms with Crippen molar-refractivity contribution in [2.24, 2.45) is 0 Å². The van der Waals surface area contributed by atoms with Crippen LogP contribution in [0.25, 0.3) is 0 Å². The van der Waals surface area contributed by atoms with E-state index in [0.717, 1.165) is 5.01 Å². The van der Waals surface area contributed by atoms with Crippen LogP contribution in [0.1, 0.15) is 10.6 Å². The molecule has 1 aromatic carbocycles. The van der Waals surface area contributed by atoms with E-state index in [1.54, 1.807) is 36.3 Å².